The van der Waals surface area contributed by atoms with E-state index in [-0.39, 0.29) is 17.4 Å². The Morgan fingerprint density at radius 2 is 1.83 bits per heavy atom. The van der Waals surface area contributed by atoms with Crippen LogP contribution in [0.2, 0.25) is 0 Å². The standard InChI is InChI=1S/C27H23BrFN3O2S/c1-16-13-24(17(2)12-22(16)28)35-15-25(33)31-30-14-21-18(3)26(32-11-5-4-6-23(21)32)27(34)19-7-9-20(29)10-8-19/h4-14H,15H2,1-3H3,(H,31,33)/b30-14+. The van der Waals surface area contributed by atoms with Crippen LogP contribution in [0.5, 0.6) is 0 Å². The number of amides is 1. The van der Waals surface area contributed by atoms with Crippen molar-refractivity contribution in [3.63, 3.8) is 0 Å². The Labute approximate surface area is 215 Å². The Bertz CT molecular complexity index is 1460. The summed E-state index contributed by atoms with van der Waals surface area (Å²) in [5, 5.41) is 4.16. The second kappa shape index (κ2) is 10.6. The fourth-order valence-electron chi connectivity index (χ4n) is 3.79. The van der Waals surface area contributed by atoms with Gasteiger partial charge in [-0.3, -0.25) is 9.59 Å². The molecule has 0 aliphatic rings. The SMILES string of the molecule is Cc1cc(SCC(=O)N/N=C/c2c(C)c(C(=O)c3ccc(F)cc3)n3ccccc23)c(C)cc1Br. The number of benzene rings is 2. The van der Waals surface area contributed by atoms with Crippen molar-refractivity contribution in [1.82, 2.24) is 9.83 Å². The normalized spacial score (nSPS) is 11.3. The van der Waals surface area contributed by atoms with Crippen molar-refractivity contribution in [2.75, 3.05) is 5.75 Å². The molecule has 0 saturated heterocycles. The van der Waals surface area contributed by atoms with E-state index in [9.17, 15) is 14.0 Å². The molecule has 8 heteroatoms. The van der Waals surface area contributed by atoms with Crippen LogP contribution in [0.1, 0.15) is 38.3 Å². The molecule has 2 heterocycles. The molecule has 2 aromatic heterocycles. The molecular formula is C27H23BrFN3O2S. The van der Waals surface area contributed by atoms with Gasteiger partial charge >= 0.3 is 0 Å². The molecule has 0 fully saturated rings. The van der Waals surface area contributed by atoms with E-state index in [4.69, 9.17) is 0 Å². The molecule has 0 aliphatic carbocycles. The van der Waals surface area contributed by atoms with Gasteiger partial charge in [0.2, 0.25) is 11.7 Å². The molecule has 0 spiro atoms. The third-order valence-electron chi connectivity index (χ3n) is 5.66. The molecule has 1 N–H and O–H groups in total. The molecule has 35 heavy (non-hydrogen) atoms. The monoisotopic (exact) mass is 551 g/mol. The predicted molar refractivity (Wildman–Crippen MR) is 142 cm³/mol. The summed E-state index contributed by atoms with van der Waals surface area (Å²) in [7, 11) is 0. The quantitative estimate of drug-likeness (QED) is 0.128. The molecule has 0 unspecified atom stereocenters. The van der Waals surface area contributed by atoms with Crippen LogP contribution in [0, 0.1) is 26.6 Å². The number of nitrogens with zero attached hydrogens (tertiary/aromatic N) is 2. The van der Waals surface area contributed by atoms with Gasteiger partial charge in [-0.1, -0.05) is 22.0 Å². The number of fused-ring (bicyclic) bond motifs is 1. The van der Waals surface area contributed by atoms with Crippen molar-refractivity contribution in [3.05, 3.63) is 105 Å². The number of hydrogen-bond donors (Lipinski definition) is 1. The maximum absolute atomic E-state index is 13.3. The van der Waals surface area contributed by atoms with Crippen LogP contribution in [0.15, 0.2) is 75.3 Å². The first kappa shape index (κ1) is 24.9. The smallest absolute Gasteiger partial charge is 0.250 e. The van der Waals surface area contributed by atoms with Gasteiger partial charge in [0.25, 0.3) is 0 Å². The summed E-state index contributed by atoms with van der Waals surface area (Å²) >= 11 is 4.98. The highest BCUT2D eigenvalue weighted by Gasteiger charge is 2.21. The summed E-state index contributed by atoms with van der Waals surface area (Å²) < 4.78 is 16.2. The molecule has 2 aromatic carbocycles. The topological polar surface area (TPSA) is 62.9 Å². The van der Waals surface area contributed by atoms with Gasteiger partial charge in [0.1, 0.15) is 5.82 Å². The van der Waals surface area contributed by atoms with E-state index < -0.39 is 5.82 Å². The highest BCUT2D eigenvalue weighted by atomic mass is 79.9. The minimum absolute atomic E-state index is 0.219. The summed E-state index contributed by atoms with van der Waals surface area (Å²) in [6.45, 7) is 5.85. The fourth-order valence-corrected chi connectivity index (χ4v) is 5.15. The van der Waals surface area contributed by atoms with Crippen molar-refractivity contribution >= 4 is 51.1 Å². The number of pyridine rings is 1. The fraction of sp³-hybridized carbons (Fsp3) is 0.148. The highest BCUT2D eigenvalue weighted by molar-refractivity contribution is 9.10. The predicted octanol–water partition coefficient (Wildman–Crippen LogP) is 6.24. The van der Waals surface area contributed by atoms with Gasteiger partial charge in [0.15, 0.2) is 0 Å². The molecular weight excluding hydrogens is 529 g/mol. The lowest BCUT2D eigenvalue weighted by Crippen LogP contribution is -2.19. The molecule has 4 rings (SSSR count). The molecule has 0 atom stereocenters. The van der Waals surface area contributed by atoms with Crippen molar-refractivity contribution < 1.29 is 14.0 Å². The lowest BCUT2D eigenvalue weighted by molar-refractivity contribution is -0.118. The summed E-state index contributed by atoms with van der Waals surface area (Å²) in [6.07, 6.45) is 3.36. The third-order valence-corrected chi connectivity index (χ3v) is 7.67. The molecule has 0 aliphatic heterocycles. The lowest BCUT2D eigenvalue weighted by atomic mass is 10.0. The van der Waals surface area contributed by atoms with Gasteiger partial charge in [-0.05, 0) is 86.0 Å². The number of aryl methyl sites for hydroxylation is 2. The Kier molecular flexibility index (Phi) is 7.52. The van der Waals surface area contributed by atoms with E-state index in [1.807, 2.05) is 45.0 Å². The summed E-state index contributed by atoms with van der Waals surface area (Å²) in [5.74, 6) is -0.618. The van der Waals surface area contributed by atoms with Crippen molar-refractivity contribution in [1.29, 1.82) is 0 Å². The van der Waals surface area contributed by atoms with Gasteiger partial charge in [-0.2, -0.15) is 5.10 Å². The maximum Gasteiger partial charge on any atom is 0.250 e. The lowest BCUT2D eigenvalue weighted by Gasteiger charge is -2.08. The summed E-state index contributed by atoms with van der Waals surface area (Å²) in [4.78, 5) is 26.7. The zero-order chi connectivity index (χ0) is 25.1. The average molecular weight is 552 g/mol. The number of hydrogen-bond acceptors (Lipinski definition) is 4. The highest BCUT2D eigenvalue weighted by Crippen LogP contribution is 2.28. The Morgan fingerprint density at radius 1 is 1.09 bits per heavy atom. The van der Waals surface area contributed by atoms with Crippen LogP contribution >= 0.6 is 27.7 Å². The Morgan fingerprint density at radius 3 is 2.57 bits per heavy atom. The number of thioether (sulfide) groups is 1. The zero-order valence-electron chi connectivity index (χ0n) is 19.4. The van der Waals surface area contributed by atoms with E-state index in [0.717, 1.165) is 37.1 Å². The van der Waals surface area contributed by atoms with E-state index in [0.29, 0.717) is 11.3 Å². The maximum atomic E-state index is 13.3. The summed E-state index contributed by atoms with van der Waals surface area (Å²) in [6, 6.07) is 15.2. The minimum Gasteiger partial charge on any atom is -0.313 e. The van der Waals surface area contributed by atoms with Gasteiger partial charge in [-0.15, -0.1) is 11.8 Å². The molecule has 4 aromatic rings. The van der Waals surface area contributed by atoms with Crippen molar-refractivity contribution in [2.45, 2.75) is 25.7 Å². The van der Waals surface area contributed by atoms with Crippen LogP contribution in [-0.2, 0) is 4.79 Å². The molecule has 0 saturated carbocycles. The number of ketones is 1. The second-order valence-electron chi connectivity index (χ2n) is 8.13. The first-order chi connectivity index (χ1) is 16.8. The molecule has 0 bridgehead atoms. The minimum atomic E-state index is -0.398. The first-order valence-electron chi connectivity index (χ1n) is 10.9. The Balaban J connectivity index is 1.52. The van der Waals surface area contributed by atoms with Gasteiger partial charge in [-0.25, -0.2) is 9.82 Å². The van der Waals surface area contributed by atoms with E-state index in [1.54, 1.807) is 16.8 Å². The average Bonchev–Trinajstić information content (AvgIpc) is 3.12. The first-order valence-corrected chi connectivity index (χ1v) is 12.7. The zero-order valence-corrected chi connectivity index (χ0v) is 21.8. The second-order valence-corrected chi connectivity index (χ2v) is 10.00. The van der Waals surface area contributed by atoms with E-state index >= 15 is 0 Å². The van der Waals surface area contributed by atoms with Gasteiger partial charge in [0, 0.05) is 26.7 Å². The van der Waals surface area contributed by atoms with Crippen LogP contribution in [0.3, 0.4) is 0 Å². The van der Waals surface area contributed by atoms with Crippen molar-refractivity contribution in [3.8, 4) is 0 Å². The molecule has 5 nitrogen and oxygen atoms in total. The number of carbonyl (C=O) groups is 2. The number of nitrogens with one attached hydrogen (secondary N) is 1. The van der Waals surface area contributed by atoms with E-state index in [2.05, 4.69) is 32.5 Å². The Hall–Kier alpha value is -3.23. The van der Waals surface area contributed by atoms with Gasteiger partial charge < -0.3 is 4.40 Å². The van der Waals surface area contributed by atoms with Gasteiger partial charge in [0.05, 0.1) is 23.2 Å². The number of aromatic nitrogens is 1. The largest absolute Gasteiger partial charge is 0.313 e. The number of carbonyl (C=O) groups excluding carboxylic acids is 2. The van der Waals surface area contributed by atoms with E-state index in [1.165, 1.54) is 36.0 Å². The molecule has 178 valence electrons. The van der Waals surface area contributed by atoms with Crippen LogP contribution in [-0.4, -0.2) is 28.1 Å². The third kappa shape index (κ3) is 5.39. The van der Waals surface area contributed by atoms with Crippen LogP contribution < -0.4 is 5.43 Å². The molecule has 0 radical (unpaired) electrons. The van der Waals surface area contributed by atoms with Crippen LogP contribution in [0.25, 0.3) is 5.52 Å². The molecule has 1 amide bonds. The summed E-state index contributed by atoms with van der Waals surface area (Å²) in [5.41, 5.74) is 7.88. The number of rotatable bonds is 7. The number of hydrazone groups is 1. The van der Waals surface area contributed by atoms with Crippen LogP contribution in [0.4, 0.5) is 4.39 Å². The van der Waals surface area contributed by atoms with Crippen molar-refractivity contribution in [2.24, 2.45) is 5.10 Å². The number of halogens is 2.